The Morgan fingerprint density at radius 3 is 2.84 bits per heavy atom. The molecule has 0 aliphatic carbocycles. The SMILES string of the molecule is CCOCCNC(=O)NCC(O)c1ccccc1F. The number of rotatable bonds is 7. The minimum atomic E-state index is -1.07. The molecule has 0 saturated heterocycles. The molecule has 6 heteroatoms. The maximum absolute atomic E-state index is 13.3. The van der Waals surface area contributed by atoms with E-state index >= 15 is 0 Å². The van der Waals surface area contributed by atoms with Crippen LogP contribution in [0.3, 0.4) is 0 Å². The third-order valence-electron chi connectivity index (χ3n) is 2.46. The lowest BCUT2D eigenvalue weighted by molar-refractivity contribution is 0.147. The van der Waals surface area contributed by atoms with Crippen LogP contribution in [0.15, 0.2) is 24.3 Å². The van der Waals surface area contributed by atoms with Crippen LogP contribution in [0.25, 0.3) is 0 Å². The molecule has 1 aromatic rings. The minimum absolute atomic E-state index is 0.0542. The fourth-order valence-electron chi connectivity index (χ4n) is 1.49. The van der Waals surface area contributed by atoms with Crippen molar-refractivity contribution in [3.05, 3.63) is 35.6 Å². The van der Waals surface area contributed by atoms with Gasteiger partial charge in [0.15, 0.2) is 0 Å². The van der Waals surface area contributed by atoms with Crippen molar-refractivity contribution in [2.24, 2.45) is 0 Å². The number of carbonyl (C=O) groups is 1. The van der Waals surface area contributed by atoms with Crippen molar-refractivity contribution in [3.8, 4) is 0 Å². The highest BCUT2D eigenvalue weighted by Gasteiger charge is 2.12. The average molecular weight is 270 g/mol. The molecule has 0 radical (unpaired) electrons. The van der Waals surface area contributed by atoms with E-state index in [2.05, 4.69) is 10.6 Å². The highest BCUT2D eigenvalue weighted by molar-refractivity contribution is 5.73. The minimum Gasteiger partial charge on any atom is -0.386 e. The quantitative estimate of drug-likeness (QED) is 0.652. The lowest BCUT2D eigenvalue weighted by atomic mass is 10.1. The Morgan fingerprint density at radius 1 is 1.42 bits per heavy atom. The van der Waals surface area contributed by atoms with Crippen LogP contribution in [0, 0.1) is 5.82 Å². The summed E-state index contributed by atoms with van der Waals surface area (Å²) in [6.45, 7) is 3.22. The molecule has 1 aromatic carbocycles. The molecule has 2 amide bonds. The Bertz CT molecular complexity index is 401. The maximum atomic E-state index is 13.3. The van der Waals surface area contributed by atoms with Crippen LogP contribution in [0.5, 0.6) is 0 Å². The Kier molecular flexibility index (Phi) is 6.84. The van der Waals surface area contributed by atoms with Crippen LogP contribution in [-0.4, -0.2) is 37.4 Å². The Hall–Kier alpha value is -1.66. The molecule has 3 N–H and O–H groups in total. The standard InChI is InChI=1S/C13H19FN2O3/c1-2-19-8-7-15-13(18)16-9-12(17)10-5-3-4-6-11(10)14/h3-6,12,17H,2,7-9H2,1H3,(H2,15,16,18). The van der Waals surface area contributed by atoms with Crippen molar-refractivity contribution in [3.63, 3.8) is 0 Å². The predicted octanol–water partition coefficient (Wildman–Crippen LogP) is 1.19. The summed E-state index contributed by atoms with van der Waals surface area (Å²) in [6, 6.07) is 5.49. The number of aliphatic hydroxyl groups is 1. The van der Waals surface area contributed by atoms with E-state index in [4.69, 9.17) is 4.74 Å². The van der Waals surface area contributed by atoms with E-state index in [0.29, 0.717) is 19.8 Å². The largest absolute Gasteiger partial charge is 0.386 e. The van der Waals surface area contributed by atoms with Gasteiger partial charge in [0.25, 0.3) is 0 Å². The van der Waals surface area contributed by atoms with Gasteiger partial charge in [-0.1, -0.05) is 18.2 Å². The number of carbonyl (C=O) groups excluding carboxylic acids is 1. The topological polar surface area (TPSA) is 70.6 Å². The van der Waals surface area contributed by atoms with Gasteiger partial charge >= 0.3 is 6.03 Å². The van der Waals surface area contributed by atoms with E-state index < -0.39 is 18.0 Å². The molecule has 5 nitrogen and oxygen atoms in total. The number of hydrogen-bond acceptors (Lipinski definition) is 3. The van der Waals surface area contributed by atoms with Gasteiger partial charge in [0.1, 0.15) is 5.82 Å². The lowest BCUT2D eigenvalue weighted by Gasteiger charge is -2.13. The summed E-state index contributed by atoms with van der Waals surface area (Å²) in [4.78, 5) is 11.3. The first-order valence-corrected chi connectivity index (χ1v) is 6.17. The van der Waals surface area contributed by atoms with E-state index in [1.54, 1.807) is 12.1 Å². The highest BCUT2D eigenvalue weighted by atomic mass is 19.1. The Balaban J connectivity index is 2.28. The molecule has 0 saturated carbocycles. The molecule has 0 spiro atoms. The number of amides is 2. The van der Waals surface area contributed by atoms with Gasteiger partial charge in [-0.05, 0) is 13.0 Å². The zero-order valence-corrected chi connectivity index (χ0v) is 10.9. The smallest absolute Gasteiger partial charge is 0.314 e. The fourth-order valence-corrected chi connectivity index (χ4v) is 1.49. The lowest BCUT2D eigenvalue weighted by Crippen LogP contribution is -2.39. The van der Waals surface area contributed by atoms with Crippen LogP contribution in [0.2, 0.25) is 0 Å². The number of benzene rings is 1. The van der Waals surface area contributed by atoms with Crippen LogP contribution in [-0.2, 0) is 4.74 Å². The number of hydrogen-bond donors (Lipinski definition) is 3. The predicted molar refractivity (Wildman–Crippen MR) is 69.3 cm³/mol. The second-order valence-electron chi connectivity index (χ2n) is 3.87. The average Bonchev–Trinajstić information content (AvgIpc) is 2.41. The van der Waals surface area contributed by atoms with Crippen LogP contribution >= 0.6 is 0 Å². The van der Waals surface area contributed by atoms with Crippen molar-refractivity contribution >= 4 is 6.03 Å². The first kappa shape index (κ1) is 15.4. The molecule has 106 valence electrons. The molecular formula is C13H19FN2O3. The van der Waals surface area contributed by atoms with E-state index in [1.807, 2.05) is 6.92 Å². The summed E-state index contributed by atoms with van der Waals surface area (Å²) < 4.78 is 18.4. The molecule has 1 rings (SSSR count). The normalized spacial score (nSPS) is 11.9. The summed E-state index contributed by atoms with van der Waals surface area (Å²) in [5.41, 5.74) is 0.164. The van der Waals surface area contributed by atoms with Crippen LogP contribution in [0.4, 0.5) is 9.18 Å². The summed E-state index contributed by atoms with van der Waals surface area (Å²) >= 11 is 0. The number of nitrogens with one attached hydrogen (secondary N) is 2. The molecule has 0 aliphatic heterocycles. The Labute approximate surface area is 111 Å². The molecule has 0 heterocycles. The molecule has 19 heavy (non-hydrogen) atoms. The second-order valence-corrected chi connectivity index (χ2v) is 3.87. The molecule has 0 fully saturated rings. The third-order valence-corrected chi connectivity index (χ3v) is 2.46. The van der Waals surface area contributed by atoms with Gasteiger partial charge in [-0.15, -0.1) is 0 Å². The zero-order valence-electron chi connectivity index (χ0n) is 10.9. The van der Waals surface area contributed by atoms with Crippen LogP contribution < -0.4 is 10.6 Å². The summed E-state index contributed by atoms with van der Waals surface area (Å²) in [6.07, 6.45) is -1.07. The number of urea groups is 1. The molecule has 0 aromatic heterocycles. The molecule has 0 bridgehead atoms. The fraction of sp³-hybridized carbons (Fsp3) is 0.462. The van der Waals surface area contributed by atoms with E-state index in [9.17, 15) is 14.3 Å². The first-order chi connectivity index (χ1) is 9.15. The first-order valence-electron chi connectivity index (χ1n) is 6.17. The van der Waals surface area contributed by atoms with Gasteiger partial charge in [0.05, 0.1) is 12.7 Å². The van der Waals surface area contributed by atoms with Gasteiger partial charge < -0.3 is 20.5 Å². The molecular weight excluding hydrogens is 251 g/mol. The molecule has 0 aliphatic rings. The summed E-state index contributed by atoms with van der Waals surface area (Å²) in [5.74, 6) is -0.492. The summed E-state index contributed by atoms with van der Waals surface area (Å²) in [7, 11) is 0. The molecule has 1 unspecified atom stereocenters. The molecule has 1 atom stereocenters. The van der Waals surface area contributed by atoms with Crippen molar-refractivity contribution in [1.82, 2.24) is 10.6 Å². The van der Waals surface area contributed by atoms with Crippen LogP contribution in [0.1, 0.15) is 18.6 Å². The van der Waals surface area contributed by atoms with Gasteiger partial charge in [-0.2, -0.15) is 0 Å². The second kappa shape index (κ2) is 8.44. The highest BCUT2D eigenvalue weighted by Crippen LogP contribution is 2.15. The van der Waals surface area contributed by atoms with Gasteiger partial charge in [0, 0.05) is 25.3 Å². The third kappa shape index (κ3) is 5.67. The number of halogens is 1. The number of ether oxygens (including phenoxy) is 1. The van der Waals surface area contributed by atoms with Gasteiger partial charge in [0.2, 0.25) is 0 Å². The van der Waals surface area contributed by atoms with E-state index in [0.717, 1.165) is 0 Å². The van der Waals surface area contributed by atoms with Crippen molar-refractivity contribution in [2.75, 3.05) is 26.3 Å². The zero-order chi connectivity index (χ0) is 14.1. The maximum Gasteiger partial charge on any atom is 0.314 e. The van der Waals surface area contributed by atoms with Crippen molar-refractivity contribution < 1.29 is 19.0 Å². The van der Waals surface area contributed by atoms with Gasteiger partial charge in [-0.3, -0.25) is 0 Å². The van der Waals surface area contributed by atoms with E-state index in [1.165, 1.54) is 12.1 Å². The monoisotopic (exact) mass is 270 g/mol. The van der Waals surface area contributed by atoms with Crippen molar-refractivity contribution in [1.29, 1.82) is 0 Å². The van der Waals surface area contributed by atoms with Gasteiger partial charge in [-0.25, -0.2) is 9.18 Å². The van der Waals surface area contributed by atoms with E-state index in [-0.39, 0.29) is 12.1 Å². The Morgan fingerprint density at radius 2 is 2.16 bits per heavy atom. The number of aliphatic hydroxyl groups excluding tert-OH is 1. The van der Waals surface area contributed by atoms with Crippen molar-refractivity contribution in [2.45, 2.75) is 13.0 Å². The summed E-state index contributed by atoms with van der Waals surface area (Å²) in [5, 5.41) is 14.8.